The van der Waals surface area contributed by atoms with Crippen LogP contribution in [0, 0.1) is 0 Å². The molecule has 0 amide bonds. The van der Waals surface area contributed by atoms with Gasteiger partial charge in [-0.3, -0.25) is 4.79 Å². The Labute approximate surface area is 207 Å². The number of aliphatic hydroxyl groups is 3. The Hall–Kier alpha value is -4.38. The summed E-state index contributed by atoms with van der Waals surface area (Å²) >= 11 is 0. The van der Waals surface area contributed by atoms with Crippen molar-refractivity contribution in [3.05, 3.63) is 45.9 Å². The molecular formula is C21H23N7O9. The van der Waals surface area contributed by atoms with Crippen molar-refractivity contribution < 1.29 is 39.5 Å². The first kappa shape index (κ1) is 25.7. The Morgan fingerprint density at radius 1 is 1.08 bits per heavy atom. The van der Waals surface area contributed by atoms with Gasteiger partial charge in [-0.15, -0.1) is 0 Å². The average molecular weight is 517 g/mol. The number of aliphatic hydroxyl groups excluding tert-OH is 3. The lowest BCUT2D eigenvalue weighted by Crippen LogP contribution is -2.60. The summed E-state index contributed by atoms with van der Waals surface area (Å²) in [7, 11) is 1.67. The first-order valence-electron chi connectivity index (χ1n) is 10.7. The molecule has 0 unspecified atom stereocenters. The predicted octanol–water partition coefficient (Wildman–Crippen LogP) is -2.44. The summed E-state index contributed by atoms with van der Waals surface area (Å²) in [6, 6.07) is 5.85. The molecule has 3 heterocycles. The number of carboxylic acid groups (broad SMARTS) is 1. The van der Waals surface area contributed by atoms with Crippen LogP contribution in [0.1, 0.15) is 16.1 Å². The van der Waals surface area contributed by atoms with Gasteiger partial charge in [-0.1, -0.05) is 0 Å². The second kappa shape index (κ2) is 9.94. The molecule has 0 bridgehead atoms. The van der Waals surface area contributed by atoms with Crippen LogP contribution >= 0.6 is 0 Å². The lowest BCUT2D eigenvalue weighted by atomic mass is 9.99. The highest BCUT2D eigenvalue weighted by molar-refractivity contribution is 5.90. The van der Waals surface area contributed by atoms with E-state index >= 15 is 0 Å². The van der Waals surface area contributed by atoms with E-state index in [-0.39, 0.29) is 40.7 Å². The summed E-state index contributed by atoms with van der Waals surface area (Å²) in [5, 5.41) is 38.7. The molecule has 4 rings (SSSR count). The molecule has 0 aliphatic carbocycles. The Morgan fingerprint density at radius 2 is 1.76 bits per heavy atom. The number of benzene rings is 1. The molecule has 2 aromatic heterocycles. The van der Waals surface area contributed by atoms with Crippen molar-refractivity contribution in [3.8, 4) is 0 Å². The maximum Gasteiger partial charge on any atom is 0.340 e. The van der Waals surface area contributed by atoms with Crippen LogP contribution in [-0.2, 0) is 20.8 Å². The summed E-state index contributed by atoms with van der Waals surface area (Å²) in [5.74, 6) is -2.68. The minimum Gasteiger partial charge on any atom is -0.479 e. The van der Waals surface area contributed by atoms with Gasteiger partial charge in [0.2, 0.25) is 12.2 Å². The van der Waals surface area contributed by atoms with E-state index < -0.39 is 48.2 Å². The van der Waals surface area contributed by atoms with E-state index in [4.69, 9.17) is 26.0 Å². The molecule has 0 radical (unpaired) electrons. The summed E-state index contributed by atoms with van der Waals surface area (Å²) in [6.07, 6.45) is -9.42. The van der Waals surface area contributed by atoms with Crippen LogP contribution in [0.15, 0.2) is 29.1 Å². The fraction of sp³-hybridized carbons (Fsp3) is 0.333. The molecular weight excluding hydrogens is 494 g/mol. The second-order valence-corrected chi connectivity index (χ2v) is 8.22. The molecule has 1 saturated heterocycles. The van der Waals surface area contributed by atoms with Crippen molar-refractivity contribution in [3.63, 3.8) is 0 Å². The van der Waals surface area contributed by atoms with Gasteiger partial charge < -0.3 is 51.3 Å². The molecule has 0 saturated carbocycles. The minimum atomic E-state index is -1.91. The SMILES string of the molecule is CN(Cc1nc2c(N)nc(N)nc2[nH]c1=O)c1ccc(C(=O)O[C@@H]2O[C@H](C(=O)O)[C@@H](O)[C@H](O)[C@H]2O)cc1. The van der Waals surface area contributed by atoms with E-state index in [0.717, 1.165) is 0 Å². The quantitative estimate of drug-likeness (QED) is 0.168. The monoisotopic (exact) mass is 517 g/mol. The Bertz CT molecular complexity index is 1400. The smallest absolute Gasteiger partial charge is 0.340 e. The summed E-state index contributed by atoms with van der Waals surface area (Å²) in [6.45, 7) is 0.0534. The number of rotatable bonds is 6. The Morgan fingerprint density at radius 3 is 2.41 bits per heavy atom. The number of ether oxygens (including phenoxy) is 2. The predicted molar refractivity (Wildman–Crippen MR) is 125 cm³/mol. The molecule has 1 aromatic carbocycles. The first-order chi connectivity index (χ1) is 17.5. The van der Waals surface area contributed by atoms with Crippen LogP contribution in [0.5, 0.6) is 0 Å². The number of aliphatic carboxylic acids is 1. The van der Waals surface area contributed by atoms with Gasteiger partial charge >= 0.3 is 11.9 Å². The van der Waals surface area contributed by atoms with Gasteiger partial charge in [0.25, 0.3) is 5.56 Å². The summed E-state index contributed by atoms with van der Waals surface area (Å²) in [4.78, 5) is 52.3. The highest BCUT2D eigenvalue weighted by Gasteiger charge is 2.48. The molecule has 16 heteroatoms. The molecule has 3 aromatic rings. The lowest BCUT2D eigenvalue weighted by Gasteiger charge is -2.37. The number of carbonyl (C=O) groups is 2. The number of carboxylic acids is 1. The van der Waals surface area contributed by atoms with Crippen molar-refractivity contribution in [2.24, 2.45) is 0 Å². The number of nitrogen functional groups attached to an aromatic ring is 2. The molecule has 5 atom stereocenters. The number of esters is 1. The molecule has 1 fully saturated rings. The van der Waals surface area contributed by atoms with Crippen molar-refractivity contribution in [1.29, 1.82) is 0 Å². The molecule has 9 N–H and O–H groups in total. The third-order valence-electron chi connectivity index (χ3n) is 5.64. The van der Waals surface area contributed by atoms with Crippen LogP contribution < -0.4 is 21.9 Å². The normalized spacial score (nSPS) is 23.5. The number of aromatic amines is 1. The third kappa shape index (κ3) is 5.12. The van der Waals surface area contributed by atoms with E-state index in [9.17, 15) is 29.7 Å². The maximum absolute atomic E-state index is 12.5. The zero-order chi connectivity index (χ0) is 27.0. The standard InChI is InChI=1S/C21H23N7O9/c1-28(6-9-17(32)26-16-10(24-9)15(22)25-21(23)27-16)8-4-2-7(3-5-8)19(35)37-20-13(31)11(29)12(30)14(36-20)18(33)34/h2-5,11-14,20,29-31H,6H2,1H3,(H,33,34)(H5,22,23,25,26,27,32)/t11-,12-,13+,14-,20-/m0/s1. The van der Waals surface area contributed by atoms with Crippen LogP contribution in [0.2, 0.25) is 0 Å². The molecule has 0 spiro atoms. The third-order valence-corrected chi connectivity index (χ3v) is 5.64. The average Bonchev–Trinajstić information content (AvgIpc) is 2.84. The van der Waals surface area contributed by atoms with Gasteiger partial charge in [-0.05, 0) is 24.3 Å². The van der Waals surface area contributed by atoms with Crippen LogP contribution in [0.25, 0.3) is 11.2 Å². The van der Waals surface area contributed by atoms with Crippen molar-refractivity contribution >= 4 is 40.6 Å². The van der Waals surface area contributed by atoms with Crippen LogP contribution in [0.3, 0.4) is 0 Å². The summed E-state index contributed by atoms with van der Waals surface area (Å²) in [5.41, 5.74) is 11.9. The highest BCUT2D eigenvalue weighted by atomic mass is 16.7. The van der Waals surface area contributed by atoms with Crippen molar-refractivity contribution in [1.82, 2.24) is 19.9 Å². The number of fused-ring (bicyclic) bond motifs is 1. The van der Waals surface area contributed by atoms with Crippen LogP contribution in [-0.4, -0.2) is 90.1 Å². The van der Waals surface area contributed by atoms with Gasteiger partial charge in [0.05, 0.1) is 12.1 Å². The summed E-state index contributed by atoms with van der Waals surface area (Å²) < 4.78 is 9.96. The van der Waals surface area contributed by atoms with Gasteiger partial charge in [0.1, 0.15) is 29.5 Å². The van der Waals surface area contributed by atoms with E-state index in [1.54, 1.807) is 24.1 Å². The number of hydrogen-bond donors (Lipinski definition) is 7. The molecule has 16 nitrogen and oxygen atoms in total. The Balaban J connectivity index is 1.46. The topological polar surface area (TPSA) is 260 Å². The number of hydrogen-bond acceptors (Lipinski definition) is 14. The number of aromatic nitrogens is 4. The number of nitrogens with two attached hydrogens (primary N) is 2. The number of H-pyrrole nitrogens is 1. The number of nitrogens with one attached hydrogen (secondary N) is 1. The van der Waals surface area contributed by atoms with Gasteiger partial charge in [0, 0.05) is 12.7 Å². The fourth-order valence-electron chi connectivity index (χ4n) is 3.65. The second-order valence-electron chi connectivity index (χ2n) is 8.22. The molecule has 1 aliphatic heterocycles. The fourth-order valence-corrected chi connectivity index (χ4v) is 3.65. The molecule has 37 heavy (non-hydrogen) atoms. The highest BCUT2D eigenvalue weighted by Crippen LogP contribution is 2.24. The maximum atomic E-state index is 12.5. The van der Waals surface area contributed by atoms with Crippen LogP contribution in [0.4, 0.5) is 17.5 Å². The number of anilines is 3. The van der Waals surface area contributed by atoms with E-state index in [0.29, 0.717) is 5.69 Å². The van der Waals surface area contributed by atoms with Crippen molar-refractivity contribution in [2.75, 3.05) is 23.4 Å². The van der Waals surface area contributed by atoms with E-state index in [2.05, 4.69) is 19.9 Å². The number of nitrogens with zero attached hydrogens (tertiary/aromatic N) is 4. The van der Waals surface area contributed by atoms with E-state index in [1.807, 2.05) is 0 Å². The molecule has 196 valence electrons. The van der Waals surface area contributed by atoms with Gasteiger partial charge in [-0.25, -0.2) is 14.6 Å². The van der Waals surface area contributed by atoms with E-state index in [1.165, 1.54) is 12.1 Å². The first-order valence-corrected chi connectivity index (χ1v) is 10.7. The van der Waals surface area contributed by atoms with Gasteiger partial charge in [-0.2, -0.15) is 9.97 Å². The lowest BCUT2D eigenvalue weighted by molar-refractivity contribution is -0.278. The molecule has 1 aliphatic rings. The largest absolute Gasteiger partial charge is 0.479 e. The zero-order valence-corrected chi connectivity index (χ0v) is 19.2. The Kier molecular flexibility index (Phi) is 6.90. The van der Waals surface area contributed by atoms with Gasteiger partial charge in [0.15, 0.2) is 17.6 Å². The number of carbonyl (C=O) groups excluding carboxylic acids is 1. The minimum absolute atomic E-state index is 0.00860. The van der Waals surface area contributed by atoms with Crippen molar-refractivity contribution in [2.45, 2.75) is 37.3 Å². The zero-order valence-electron chi connectivity index (χ0n) is 19.2.